The highest BCUT2D eigenvalue weighted by atomic mass is 35.5. The molecule has 0 bridgehead atoms. The second-order valence-corrected chi connectivity index (χ2v) is 7.97. The first-order valence-electron chi connectivity index (χ1n) is 10.3. The van der Waals surface area contributed by atoms with Crippen molar-refractivity contribution in [3.05, 3.63) is 70.2 Å². The molecular formula is C23H24ClF3N2O3. The third-order valence-electron chi connectivity index (χ3n) is 5.20. The van der Waals surface area contributed by atoms with Gasteiger partial charge in [0, 0.05) is 55.5 Å². The molecule has 0 aromatic heterocycles. The second kappa shape index (κ2) is 10.9. The third-order valence-corrected chi connectivity index (χ3v) is 5.45. The van der Waals surface area contributed by atoms with Crippen molar-refractivity contribution in [2.45, 2.75) is 12.6 Å². The van der Waals surface area contributed by atoms with Gasteiger partial charge in [0.1, 0.15) is 6.61 Å². The van der Waals surface area contributed by atoms with Crippen molar-refractivity contribution in [1.82, 2.24) is 9.80 Å². The Kier molecular flexibility index (Phi) is 8.28. The molecule has 2 aromatic rings. The van der Waals surface area contributed by atoms with Gasteiger partial charge in [0.05, 0.1) is 5.56 Å². The summed E-state index contributed by atoms with van der Waals surface area (Å²) < 4.78 is 40.9. The molecule has 9 heteroatoms. The zero-order chi connectivity index (χ0) is 23.1. The Morgan fingerprint density at radius 1 is 0.938 bits per heavy atom. The predicted molar refractivity (Wildman–Crippen MR) is 115 cm³/mol. The van der Waals surface area contributed by atoms with E-state index in [1.54, 1.807) is 53.4 Å². The van der Waals surface area contributed by atoms with Gasteiger partial charge in [-0.3, -0.25) is 14.5 Å². The maximum atomic E-state index is 13.1. The average Bonchev–Trinajstić information content (AvgIpc) is 2.78. The predicted octanol–water partition coefficient (Wildman–Crippen LogP) is 4.30. The summed E-state index contributed by atoms with van der Waals surface area (Å²) in [7, 11) is 0. The Labute approximate surface area is 189 Å². The van der Waals surface area contributed by atoms with Gasteiger partial charge in [-0.15, -0.1) is 0 Å². The van der Waals surface area contributed by atoms with E-state index in [2.05, 4.69) is 9.64 Å². The maximum Gasteiger partial charge on any atom is 0.411 e. The molecule has 0 N–H and O–H groups in total. The van der Waals surface area contributed by atoms with Crippen LogP contribution in [0.25, 0.3) is 0 Å². The number of piperazine rings is 1. The molecule has 0 spiro atoms. The lowest BCUT2D eigenvalue weighted by atomic mass is 9.97. The number of hydrogen-bond donors (Lipinski definition) is 0. The second-order valence-electron chi connectivity index (χ2n) is 7.54. The minimum Gasteiger partial charge on any atom is -0.372 e. The van der Waals surface area contributed by atoms with Gasteiger partial charge in [-0.05, 0) is 36.8 Å². The van der Waals surface area contributed by atoms with Crippen LogP contribution in [0.15, 0.2) is 48.5 Å². The smallest absolute Gasteiger partial charge is 0.372 e. The zero-order valence-electron chi connectivity index (χ0n) is 17.4. The van der Waals surface area contributed by atoms with Crippen LogP contribution in [-0.2, 0) is 4.74 Å². The van der Waals surface area contributed by atoms with Crippen LogP contribution in [0.2, 0.25) is 5.02 Å². The Morgan fingerprint density at radius 3 is 2.19 bits per heavy atom. The number of carbonyl (C=O) groups is 2. The van der Waals surface area contributed by atoms with E-state index in [4.69, 9.17) is 11.6 Å². The third kappa shape index (κ3) is 6.79. The molecule has 3 rings (SSSR count). The number of amides is 1. The van der Waals surface area contributed by atoms with Gasteiger partial charge >= 0.3 is 6.18 Å². The maximum absolute atomic E-state index is 13.1. The lowest BCUT2D eigenvalue weighted by Gasteiger charge is -2.35. The van der Waals surface area contributed by atoms with E-state index in [1.165, 1.54) is 0 Å². The van der Waals surface area contributed by atoms with Crippen LogP contribution in [0.4, 0.5) is 13.2 Å². The first-order chi connectivity index (χ1) is 15.2. The molecule has 0 unspecified atom stereocenters. The van der Waals surface area contributed by atoms with Crippen LogP contribution in [0, 0.1) is 0 Å². The van der Waals surface area contributed by atoms with E-state index < -0.39 is 12.8 Å². The number of hydrogen-bond acceptors (Lipinski definition) is 4. The quantitative estimate of drug-likeness (QED) is 0.428. The van der Waals surface area contributed by atoms with Crippen molar-refractivity contribution in [1.29, 1.82) is 0 Å². The number of ether oxygens (including phenoxy) is 1. The molecule has 0 saturated carbocycles. The van der Waals surface area contributed by atoms with E-state index in [0.29, 0.717) is 60.9 Å². The van der Waals surface area contributed by atoms with Crippen molar-refractivity contribution < 1.29 is 27.5 Å². The normalized spacial score (nSPS) is 15.1. The van der Waals surface area contributed by atoms with Crippen LogP contribution in [-0.4, -0.2) is 73.6 Å². The molecule has 5 nitrogen and oxygen atoms in total. The summed E-state index contributed by atoms with van der Waals surface area (Å²) in [6.45, 7) is 1.59. The van der Waals surface area contributed by atoms with Crippen molar-refractivity contribution in [3.8, 4) is 0 Å². The Hall–Kier alpha value is -2.42. The van der Waals surface area contributed by atoms with Crippen molar-refractivity contribution >= 4 is 23.3 Å². The largest absolute Gasteiger partial charge is 0.411 e. The fraction of sp³-hybridized carbons (Fsp3) is 0.391. The summed E-state index contributed by atoms with van der Waals surface area (Å²) in [5.41, 5.74) is 1.14. The molecule has 172 valence electrons. The fourth-order valence-corrected chi connectivity index (χ4v) is 3.67. The number of halogens is 4. The van der Waals surface area contributed by atoms with Gasteiger partial charge in [0.25, 0.3) is 5.91 Å². The molecule has 1 saturated heterocycles. The lowest BCUT2D eigenvalue weighted by Crippen LogP contribution is -2.49. The van der Waals surface area contributed by atoms with Gasteiger partial charge in [0.15, 0.2) is 5.78 Å². The molecule has 1 fully saturated rings. The molecule has 1 aliphatic rings. The van der Waals surface area contributed by atoms with Crippen LogP contribution in [0.3, 0.4) is 0 Å². The standard InChI is InChI=1S/C23H24ClF3N2O3/c24-18-8-6-17(7-9-18)21(30)19-4-1-2-5-20(19)22(31)29-13-11-28(12-14-29)10-3-15-32-16-23(25,26)27/h1-2,4-9H,3,10-16H2. The van der Waals surface area contributed by atoms with Crippen molar-refractivity contribution in [3.63, 3.8) is 0 Å². The minimum absolute atomic E-state index is 0.0405. The van der Waals surface area contributed by atoms with Gasteiger partial charge in [-0.2, -0.15) is 13.2 Å². The molecular weight excluding hydrogens is 445 g/mol. The highest BCUT2D eigenvalue weighted by molar-refractivity contribution is 6.30. The topological polar surface area (TPSA) is 49.9 Å². The van der Waals surface area contributed by atoms with Crippen LogP contribution >= 0.6 is 11.6 Å². The number of rotatable bonds is 8. The monoisotopic (exact) mass is 468 g/mol. The van der Waals surface area contributed by atoms with Crippen LogP contribution in [0.1, 0.15) is 32.7 Å². The molecule has 0 radical (unpaired) electrons. The zero-order valence-corrected chi connectivity index (χ0v) is 18.2. The minimum atomic E-state index is -4.31. The van der Waals surface area contributed by atoms with E-state index >= 15 is 0 Å². The van der Waals surface area contributed by atoms with Crippen molar-refractivity contribution in [2.24, 2.45) is 0 Å². The highest BCUT2D eigenvalue weighted by Crippen LogP contribution is 2.19. The molecule has 0 aliphatic carbocycles. The summed E-state index contributed by atoms with van der Waals surface area (Å²) in [6.07, 6.45) is -3.82. The summed E-state index contributed by atoms with van der Waals surface area (Å²) in [5, 5.41) is 0.524. The van der Waals surface area contributed by atoms with E-state index in [9.17, 15) is 22.8 Å². The van der Waals surface area contributed by atoms with E-state index in [-0.39, 0.29) is 18.3 Å². The number of benzene rings is 2. The van der Waals surface area contributed by atoms with E-state index in [0.717, 1.165) is 0 Å². The first-order valence-corrected chi connectivity index (χ1v) is 10.7. The Bertz CT molecular complexity index is 927. The highest BCUT2D eigenvalue weighted by Gasteiger charge is 2.28. The van der Waals surface area contributed by atoms with Gasteiger partial charge < -0.3 is 9.64 Å². The number of nitrogens with zero attached hydrogens (tertiary/aromatic N) is 2. The fourth-order valence-electron chi connectivity index (χ4n) is 3.55. The van der Waals surface area contributed by atoms with Crippen LogP contribution in [0.5, 0.6) is 0 Å². The van der Waals surface area contributed by atoms with Gasteiger partial charge in [-0.1, -0.05) is 29.8 Å². The molecule has 1 heterocycles. The summed E-state index contributed by atoms with van der Waals surface area (Å²) in [4.78, 5) is 29.9. The van der Waals surface area contributed by atoms with Crippen molar-refractivity contribution in [2.75, 3.05) is 45.9 Å². The molecule has 1 amide bonds. The van der Waals surface area contributed by atoms with Crippen LogP contribution < -0.4 is 0 Å². The molecule has 2 aromatic carbocycles. The first kappa shape index (κ1) is 24.2. The SMILES string of the molecule is O=C(c1ccc(Cl)cc1)c1ccccc1C(=O)N1CCN(CCCOCC(F)(F)F)CC1. The average molecular weight is 469 g/mol. The number of ketones is 1. The summed E-state index contributed by atoms with van der Waals surface area (Å²) in [6, 6.07) is 13.3. The van der Waals surface area contributed by atoms with Gasteiger partial charge in [-0.25, -0.2) is 0 Å². The molecule has 0 atom stereocenters. The Morgan fingerprint density at radius 2 is 1.56 bits per heavy atom. The van der Waals surface area contributed by atoms with Gasteiger partial charge in [0.2, 0.25) is 0 Å². The number of alkyl halides is 3. The summed E-state index contributed by atoms with van der Waals surface area (Å²) >= 11 is 5.89. The summed E-state index contributed by atoms with van der Waals surface area (Å²) in [5.74, 6) is -0.459. The molecule has 1 aliphatic heterocycles. The number of carbonyl (C=O) groups excluding carboxylic acids is 2. The van der Waals surface area contributed by atoms with E-state index in [1.807, 2.05) is 0 Å². The molecule has 32 heavy (non-hydrogen) atoms. The Balaban J connectivity index is 1.54. The lowest BCUT2D eigenvalue weighted by molar-refractivity contribution is -0.174.